The summed E-state index contributed by atoms with van der Waals surface area (Å²) < 4.78 is 7.04. The highest BCUT2D eigenvalue weighted by Crippen LogP contribution is 2.25. The summed E-state index contributed by atoms with van der Waals surface area (Å²) in [6, 6.07) is 6.60. The van der Waals surface area contributed by atoms with Crippen LogP contribution in [0.25, 0.3) is 10.9 Å². The third-order valence-corrected chi connectivity index (χ3v) is 4.87. The summed E-state index contributed by atoms with van der Waals surface area (Å²) in [6.07, 6.45) is 0. The number of aryl methyl sites for hydroxylation is 1. The first-order valence-electron chi connectivity index (χ1n) is 8.32. The molecule has 2 N–H and O–H groups in total. The van der Waals surface area contributed by atoms with Gasteiger partial charge >= 0.3 is 0 Å². The van der Waals surface area contributed by atoms with Crippen LogP contribution in [-0.2, 0) is 16.6 Å². The van der Waals surface area contributed by atoms with Gasteiger partial charge in [-0.15, -0.1) is 0 Å². The molecular formula is C18H22N4O4. The monoisotopic (exact) mass is 358 g/mol. The molecule has 2 heterocycles. The zero-order valence-corrected chi connectivity index (χ0v) is 15.1. The van der Waals surface area contributed by atoms with Crippen molar-refractivity contribution in [1.82, 2.24) is 14.4 Å². The molecule has 1 unspecified atom stereocenters. The maximum Gasteiger partial charge on any atom is 0.270 e. The molecule has 1 atom stereocenters. The predicted molar refractivity (Wildman–Crippen MR) is 95.7 cm³/mol. The van der Waals surface area contributed by atoms with Gasteiger partial charge in [0, 0.05) is 38.0 Å². The fraction of sp³-hybridized carbons (Fsp3) is 0.389. The molecule has 1 aliphatic heterocycles. The third-order valence-electron chi connectivity index (χ3n) is 4.87. The van der Waals surface area contributed by atoms with E-state index in [2.05, 4.69) is 0 Å². The van der Waals surface area contributed by atoms with Crippen molar-refractivity contribution in [2.75, 3.05) is 26.7 Å². The van der Waals surface area contributed by atoms with Crippen LogP contribution in [0.3, 0.4) is 0 Å². The first-order chi connectivity index (χ1) is 12.3. The fourth-order valence-electron chi connectivity index (χ4n) is 3.41. The smallest absolute Gasteiger partial charge is 0.270 e. The SMILES string of the molecule is COc1ccc2c(c1)cc(C(=O)N1CCN(C(C)=O)C(C(N)=O)C1)n2C. The summed E-state index contributed by atoms with van der Waals surface area (Å²) in [6.45, 7) is 2.13. The number of fused-ring (bicyclic) bond motifs is 1. The van der Waals surface area contributed by atoms with Gasteiger partial charge in [-0.25, -0.2) is 0 Å². The quantitative estimate of drug-likeness (QED) is 0.856. The van der Waals surface area contributed by atoms with Gasteiger partial charge in [-0.1, -0.05) is 0 Å². The van der Waals surface area contributed by atoms with Crippen molar-refractivity contribution in [3.05, 3.63) is 30.0 Å². The second-order valence-electron chi connectivity index (χ2n) is 6.40. The van der Waals surface area contributed by atoms with Gasteiger partial charge in [-0.3, -0.25) is 14.4 Å². The number of rotatable bonds is 3. The van der Waals surface area contributed by atoms with E-state index >= 15 is 0 Å². The van der Waals surface area contributed by atoms with Crippen LogP contribution in [0.2, 0.25) is 0 Å². The lowest BCUT2D eigenvalue weighted by Crippen LogP contribution is -2.60. The van der Waals surface area contributed by atoms with Gasteiger partial charge in [0.2, 0.25) is 11.8 Å². The van der Waals surface area contributed by atoms with Gasteiger partial charge in [-0.2, -0.15) is 0 Å². The number of carbonyl (C=O) groups is 3. The van der Waals surface area contributed by atoms with Crippen LogP contribution in [0.4, 0.5) is 0 Å². The first kappa shape index (κ1) is 17.8. The lowest BCUT2D eigenvalue weighted by atomic mass is 10.1. The topological polar surface area (TPSA) is 97.9 Å². The molecule has 0 aliphatic carbocycles. The number of benzene rings is 1. The number of nitrogens with zero attached hydrogens (tertiary/aromatic N) is 3. The molecule has 1 aromatic carbocycles. The average molecular weight is 358 g/mol. The van der Waals surface area contributed by atoms with Crippen LogP contribution in [0.1, 0.15) is 17.4 Å². The minimum Gasteiger partial charge on any atom is -0.497 e. The summed E-state index contributed by atoms with van der Waals surface area (Å²) in [4.78, 5) is 39.4. The van der Waals surface area contributed by atoms with E-state index in [4.69, 9.17) is 10.5 Å². The minimum atomic E-state index is -0.806. The van der Waals surface area contributed by atoms with Crippen LogP contribution in [0.5, 0.6) is 5.75 Å². The Labute approximate surface area is 151 Å². The molecular weight excluding hydrogens is 336 g/mol. The van der Waals surface area contributed by atoms with Crippen molar-refractivity contribution in [1.29, 1.82) is 0 Å². The molecule has 0 spiro atoms. The van der Waals surface area contributed by atoms with E-state index in [0.29, 0.717) is 18.0 Å². The number of carbonyl (C=O) groups excluding carboxylic acids is 3. The van der Waals surface area contributed by atoms with Crippen molar-refractivity contribution >= 4 is 28.6 Å². The van der Waals surface area contributed by atoms with Gasteiger partial charge in [0.15, 0.2) is 0 Å². The molecule has 1 saturated heterocycles. The molecule has 1 fully saturated rings. The fourth-order valence-corrected chi connectivity index (χ4v) is 3.41. The molecule has 3 rings (SSSR count). The van der Waals surface area contributed by atoms with E-state index in [1.54, 1.807) is 18.1 Å². The van der Waals surface area contributed by atoms with Gasteiger partial charge in [-0.05, 0) is 24.3 Å². The Balaban J connectivity index is 1.90. The van der Waals surface area contributed by atoms with Gasteiger partial charge in [0.1, 0.15) is 17.5 Å². The van der Waals surface area contributed by atoms with E-state index in [9.17, 15) is 14.4 Å². The number of piperazine rings is 1. The van der Waals surface area contributed by atoms with Crippen LogP contribution >= 0.6 is 0 Å². The first-order valence-corrected chi connectivity index (χ1v) is 8.32. The zero-order valence-electron chi connectivity index (χ0n) is 15.1. The lowest BCUT2D eigenvalue weighted by molar-refractivity contribution is -0.140. The summed E-state index contributed by atoms with van der Waals surface area (Å²) >= 11 is 0. The highest BCUT2D eigenvalue weighted by molar-refractivity contribution is 5.99. The molecule has 3 amide bonds. The predicted octanol–water partition coefficient (Wildman–Crippen LogP) is 0.345. The Kier molecular flexibility index (Phi) is 4.58. The molecule has 2 aromatic rings. The number of primary amides is 1. The normalized spacial score (nSPS) is 17.4. The Hall–Kier alpha value is -3.03. The Morgan fingerprint density at radius 3 is 2.54 bits per heavy atom. The van der Waals surface area contributed by atoms with Crippen molar-refractivity contribution in [2.45, 2.75) is 13.0 Å². The summed E-state index contributed by atoms with van der Waals surface area (Å²) in [7, 11) is 3.41. The van der Waals surface area contributed by atoms with E-state index in [0.717, 1.165) is 10.9 Å². The Morgan fingerprint density at radius 2 is 1.92 bits per heavy atom. The van der Waals surface area contributed by atoms with Gasteiger partial charge < -0.3 is 24.8 Å². The number of methoxy groups -OCH3 is 1. The van der Waals surface area contributed by atoms with E-state index < -0.39 is 11.9 Å². The van der Waals surface area contributed by atoms with Crippen LogP contribution in [0.15, 0.2) is 24.3 Å². The summed E-state index contributed by atoms with van der Waals surface area (Å²) in [5, 5.41) is 0.893. The lowest BCUT2D eigenvalue weighted by Gasteiger charge is -2.39. The van der Waals surface area contributed by atoms with E-state index in [1.807, 2.05) is 29.8 Å². The highest BCUT2D eigenvalue weighted by atomic mass is 16.5. The number of hydrogen-bond acceptors (Lipinski definition) is 4. The van der Waals surface area contributed by atoms with Crippen LogP contribution in [-0.4, -0.2) is 64.9 Å². The molecule has 0 saturated carbocycles. The number of ether oxygens (including phenoxy) is 1. The molecule has 138 valence electrons. The van der Waals surface area contributed by atoms with Crippen molar-refractivity contribution in [3.8, 4) is 5.75 Å². The average Bonchev–Trinajstić information content (AvgIpc) is 2.96. The number of hydrogen-bond donors (Lipinski definition) is 1. The minimum absolute atomic E-state index is 0.0958. The largest absolute Gasteiger partial charge is 0.497 e. The number of nitrogens with two attached hydrogens (primary N) is 1. The highest BCUT2D eigenvalue weighted by Gasteiger charge is 2.35. The second-order valence-corrected chi connectivity index (χ2v) is 6.40. The molecule has 1 aromatic heterocycles. The summed E-state index contributed by atoms with van der Waals surface area (Å²) in [5.74, 6) is -0.319. The molecule has 0 bridgehead atoms. The van der Waals surface area contributed by atoms with E-state index in [1.165, 1.54) is 11.8 Å². The van der Waals surface area contributed by atoms with Crippen molar-refractivity contribution in [3.63, 3.8) is 0 Å². The van der Waals surface area contributed by atoms with Crippen molar-refractivity contribution < 1.29 is 19.1 Å². The van der Waals surface area contributed by atoms with Crippen LogP contribution < -0.4 is 10.5 Å². The Bertz CT molecular complexity index is 889. The number of amides is 3. The molecule has 8 heteroatoms. The van der Waals surface area contributed by atoms with Crippen LogP contribution in [0, 0.1) is 0 Å². The second kappa shape index (κ2) is 6.70. The Morgan fingerprint density at radius 1 is 1.19 bits per heavy atom. The summed E-state index contributed by atoms with van der Waals surface area (Å²) in [5.41, 5.74) is 6.84. The molecule has 26 heavy (non-hydrogen) atoms. The van der Waals surface area contributed by atoms with E-state index in [-0.39, 0.29) is 24.9 Å². The van der Waals surface area contributed by atoms with Gasteiger partial charge in [0.25, 0.3) is 5.91 Å². The maximum absolute atomic E-state index is 13.0. The number of aromatic nitrogens is 1. The zero-order chi connectivity index (χ0) is 19.0. The standard InChI is InChI=1S/C18H22N4O4/c1-11(23)22-7-6-21(10-16(22)17(19)24)18(25)15-9-12-8-13(26-3)4-5-14(12)20(15)2/h4-5,8-9,16H,6-7,10H2,1-3H3,(H2,19,24). The third kappa shape index (κ3) is 2.98. The molecule has 0 radical (unpaired) electrons. The van der Waals surface area contributed by atoms with Gasteiger partial charge in [0.05, 0.1) is 13.7 Å². The van der Waals surface area contributed by atoms with Crippen molar-refractivity contribution in [2.24, 2.45) is 12.8 Å². The maximum atomic E-state index is 13.0. The molecule has 8 nitrogen and oxygen atoms in total. The molecule has 1 aliphatic rings.